The Kier molecular flexibility index (Phi) is 8.34. The predicted octanol–water partition coefficient (Wildman–Crippen LogP) is 1.87. The van der Waals surface area contributed by atoms with Gasteiger partial charge in [0.25, 0.3) is 0 Å². The number of hydrogen-bond acceptors (Lipinski definition) is 4. The van der Waals surface area contributed by atoms with Crippen molar-refractivity contribution in [2.24, 2.45) is 0 Å². The van der Waals surface area contributed by atoms with Crippen LogP contribution in [-0.2, 0) is 9.53 Å². The van der Waals surface area contributed by atoms with Crippen LogP contribution in [0.4, 0.5) is 0 Å². The highest BCUT2D eigenvalue weighted by atomic mass is 16.5. The second-order valence-electron chi connectivity index (χ2n) is 7.18. The minimum absolute atomic E-state index is 0.182. The van der Waals surface area contributed by atoms with Gasteiger partial charge in [0.2, 0.25) is 5.91 Å². The molecule has 0 aliphatic carbocycles. The highest BCUT2D eigenvalue weighted by Gasteiger charge is 2.23. The molecule has 2 fully saturated rings. The molecule has 0 spiro atoms. The summed E-state index contributed by atoms with van der Waals surface area (Å²) in [5, 5.41) is 3.14. The number of amides is 1. The average Bonchev–Trinajstić information content (AvgIpc) is 3.02. The summed E-state index contributed by atoms with van der Waals surface area (Å²) >= 11 is 0. The summed E-state index contributed by atoms with van der Waals surface area (Å²) in [7, 11) is 0. The fourth-order valence-corrected chi connectivity index (χ4v) is 3.50. The van der Waals surface area contributed by atoms with Crippen molar-refractivity contribution in [3.05, 3.63) is 0 Å². The van der Waals surface area contributed by atoms with Crippen LogP contribution in [0.3, 0.4) is 0 Å². The van der Waals surface area contributed by atoms with E-state index in [2.05, 4.69) is 29.0 Å². The van der Waals surface area contributed by atoms with Gasteiger partial charge in [0.15, 0.2) is 0 Å². The third kappa shape index (κ3) is 7.19. The number of unbranched alkanes of at least 4 members (excludes halogenated alkanes) is 2. The lowest BCUT2D eigenvalue weighted by Crippen LogP contribution is -2.51. The maximum absolute atomic E-state index is 12.1. The molecule has 0 aromatic carbocycles. The van der Waals surface area contributed by atoms with E-state index in [0.717, 1.165) is 45.8 Å². The summed E-state index contributed by atoms with van der Waals surface area (Å²) in [6, 6.07) is 0.301. The second-order valence-corrected chi connectivity index (χ2v) is 7.18. The monoisotopic (exact) mass is 325 g/mol. The van der Waals surface area contributed by atoms with Crippen molar-refractivity contribution < 1.29 is 9.53 Å². The van der Waals surface area contributed by atoms with Crippen LogP contribution in [0, 0.1) is 0 Å². The lowest BCUT2D eigenvalue weighted by molar-refractivity contribution is -0.123. The molecule has 0 saturated carbocycles. The van der Waals surface area contributed by atoms with E-state index in [1.165, 1.54) is 32.1 Å². The molecule has 2 atom stereocenters. The number of nitrogens with zero attached hydrogens (tertiary/aromatic N) is 2. The van der Waals surface area contributed by atoms with Gasteiger partial charge in [-0.1, -0.05) is 26.2 Å². The van der Waals surface area contributed by atoms with Gasteiger partial charge in [0.05, 0.1) is 12.6 Å². The number of carbonyl (C=O) groups excluding carboxylic acids is 1. The van der Waals surface area contributed by atoms with E-state index in [4.69, 9.17) is 4.74 Å². The van der Waals surface area contributed by atoms with Crippen molar-refractivity contribution in [2.75, 3.05) is 45.9 Å². The van der Waals surface area contributed by atoms with Gasteiger partial charge in [0, 0.05) is 45.4 Å². The van der Waals surface area contributed by atoms with Crippen LogP contribution < -0.4 is 5.32 Å². The quantitative estimate of drug-likeness (QED) is 0.657. The first kappa shape index (κ1) is 18.7. The molecule has 2 heterocycles. The third-order valence-electron chi connectivity index (χ3n) is 4.97. The largest absolute Gasteiger partial charge is 0.377 e. The number of piperazine rings is 1. The van der Waals surface area contributed by atoms with Crippen molar-refractivity contribution in [1.29, 1.82) is 0 Å². The minimum atomic E-state index is 0.182. The first-order valence-electron chi connectivity index (χ1n) is 9.53. The molecule has 5 nitrogen and oxygen atoms in total. The van der Waals surface area contributed by atoms with Gasteiger partial charge >= 0.3 is 0 Å². The number of nitrogens with one attached hydrogen (secondary N) is 1. The zero-order valence-electron chi connectivity index (χ0n) is 15.1. The van der Waals surface area contributed by atoms with Crippen LogP contribution in [0.25, 0.3) is 0 Å². The Labute approximate surface area is 141 Å². The second kappa shape index (κ2) is 10.3. The fourth-order valence-electron chi connectivity index (χ4n) is 3.50. The molecule has 1 N–H and O–H groups in total. The van der Waals surface area contributed by atoms with Gasteiger partial charge in [-0.3, -0.25) is 14.6 Å². The van der Waals surface area contributed by atoms with Crippen LogP contribution in [0.5, 0.6) is 0 Å². The minimum Gasteiger partial charge on any atom is -0.377 e. The van der Waals surface area contributed by atoms with Gasteiger partial charge in [0.1, 0.15) is 0 Å². The van der Waals surface area contributed by atoms with E-state index >= 15 is 0 Å². The third-order valence-corrected chi connectivity index (χ3v) is 4.97. The zero-order chi connectivity index (χ0) is 16.5. The Hall–Kier alpha value is -0.650. The van der Waals surface area contributed by atoms with Gasteiger partial charge in [-0.25, -0.2) is 0 Å². The summed E-state index contributed by atoms with van der Waals surface area (Å²) in [4.78, 5) is 16.9. The normalized spacial score (nSPS) is 24.7. The highest BCUT2D eigenvalue weighted by molar-refractivity contribution is 5.78. The van der Waals surface area contributed by atoms with Crippen LogP contribution >= 0.6 is 0 Å². The average molecular weight is 325 g/mol. The van der Waals surface area contributed by atoms with Gasteiger partial charge < -0.3 is 10.1 Å². The lowest BCUT2D eigenvalue weighted by Gasteiger charge is -2.35. The Morgan fingerprint density at radius 1 is 1.22 bits per heavy atom. The Bertz CT molecular complexity index is 337. The van der Waals surface area contributed by atoms with Crippen molar-refractivity contribution in [2.45, 2.75) is 64.5 Å². The first-order chi connectivity index (χ1) is 11.2. The topological polar surface area (TPSA) is 44.8 Å². The number of carbonyl (C=O) groups is 1. The van der Waals surface area contributed by atoms with Crippen LogP contribution in [0.15, 0.2) is 0 Å². The predicted molar refractivity (Wildman–Crippen MR) is 93.6 cm³/mol. The fraction of sp³-hybridized carbons (Fsp3) is 0.944. The summed E-state index contributed by atoms with van der Waals surface area (Å²) < 4.78 is 5.71. The Balaban J connectivity index is 1.56. The van der Waals surface area contributed by atoms with Crippen molar-refractivity contribution in [1.82, 2.24) is 15.1 Å². The lowest BCUT2D eigenvalue weighted by atomic mass is 10.1. The smallest absolute Gasteiger partial charge is 0.234 e. The molecule has 2 rings (SSSR count). The van der Waals surface area contributed by atoms with Crippen LogP contribution in [-0.4, -0.2) is 73.7 Å². The molecule has 1 amide bonds. The van der Waals surface area contributed by atoms with Crippen LogP contribution in [0.1, 0.15) is 52.4 Å². The summed E-state index contributed by atoms with van der Waals surface area (Å²) in [6.45, 7) is 11.0. The van der Waals surface area contributed by atoms with Gasteiger partial charge in [-0.2, -0.15) is 0 Å². The van der Waals surface area contributed by atoms with Crippen molar-refractivity contribution in [3.63, 3.8) is 0 Å². The van der Waals surface area contributed by atoms with E-state index in [1.54, 1.807) is 0 Å². The van der Waals surface area contributed by atoms with Crippen molar-refractivity contribution >= 4 is 5.91 Å². The highest BCUT2D eigenvalue weighted by Crippen LogP contribution is 2.14. The Morgan fingerprint density at radius 2 is 1.96 bits per heavy atom. The molecule has 2 aliphatic heterocycles. The van der Waals surface area contributed by atoms with Crippen LogP contribution in [0.2, 0.25) is 0 Å². The summed E-state index contributed by atoms with van der Waals surface area (Å²) in [5.41, 5.74) is 0. The van der Waals surface area contributed by atoms with E-state index < -0.39 is 0 Å². The molecule has 134 valence electrons. The molecule has 0 radical (unpaired) electrons. The van der Waals surface area contributed by atoms with E-state index in [-0.39, 0.29) is 5.91 Å². The Morgan fingerprint density at radius 3 is 2.61 bits per heavy atom. The van der Waals surface area contributed by atoms with E-state index in [0.29, 0.717) is 18.7 Å². The summed E-state index contributed by atoms with van der Waals surface area (Å²) in [6.07, 6.45) is 7.65. The molecule has 0 bridgehead atoms. The standard InChI is InChI=1S/C18H35N3O2/c1-3-4-5-7-16(2)19-18(22)15-21-11-9-20(10-12-21)14-17-8-6-13-23-17/h16-17H,3-15H2,1-2H3,(H,19,22). The molecular weight excluding hydrogens is 290 g/mol. The number of rotatable bonds is 9. The molecule has 2 saturated heterocycles. The summed E-state index contributed by atoms with van der Waals surface area (Å²) in [5.74, 6) is 0.182. The maximum Gasteiger partial charge on any atom is 0.234 e. The zero-order valence-corrected chi connectivity index (χ0v) is 15.1. The first-order valence-corrected chi connectivity index (χ1v) is 9.53. The van der Waals surface area contributed by atoms with E-state index in [1.807, 2.05) is 0 Å². The molecule has 0 aromatic rings. The van der Waals surface area contributed by atoms with E-state index in [9.17, 15) is 4.79 Å². The molecule has 2 unspecified atom stereocenters. The molecular formula is C18H35N3O2. The van der Waals surface area contributed by atoms with Crippen molar-refractivity contribution in [3.8, 4) is 0 Å². The molecule has 2 aliphatic rings. The number of hydrogen-bond donors (Lipinski definition) is 1. The maximum atomic E-state index is 12.1. The molecule has 5 heteroatoms. The molecule has 23 heavy (non-hydrogen) atoms. The van der Waals surface area contributed by atoms with Gasteiger partial charge in [-0.15, -0.1) is 0 Å². The number of ether oxygens (including phenoxy) is 1. The van der Waals surface area contributed by atoms with Gasteiger partial charge in [-0.05, 0) is 26.2 Å². The SMILES string of the molecule is CCCCCC(C)NC(=O)CN1CCN(CC2CCCO2)CC1. The molecule has 0 aromatic heterocycles.